The van der Waals surface area contributed by atoms with Crippen LogP contribution < -0.4 is 5.73 Å². The van der Waals surface area contributed by atoms with Gasteiger partial charge in [0.2, 0.25) is 5.91 Å². The van der Waals surface area contributed by atoms with E-state index in [-0.39, 0.29) is 31.5 Å². The summed E-state index contributed by atoms with van der Waals surface area (Å²) >= 11 is 0. The fourth-order valence-corrected chi connectivity index (χ4v) is 0.856. The van der Waals surface area contributed by atoms with Crippen molar-refractivity contribution < 1.29 is 15.0 Å². The van der Waals surface area contributed by atoms with Crippen LogP contribution in [0.3, 0.4) is 0 Å². The van der Waals surface area contributed by atoms with E-state index in [1.807, 2.05) is 0 Å². The van der Waals surface area contributed by atoms with E-state index in [1.165, 1.54) is 0 Å². The van der Waals surface area contributed by atoms with Gasteiger partial charge in [0, 0.05) is 19.6 Å². The topological polar surface area (TPSA) is 83.6 Å². The second-order valence-corrected chi connectivity index (χ2v) is 2.57. The third-order valence-electron chi connectivity index (χ3n) is 1.59. The lowest BCUT2D eigenvalue weighted by Gasteiger charge is -2.09. The summed E-state index contributed by atoms with van der Waals surface area (Å²) in [5.74, 6) is -0.353. The van der Waals surface area contributed by atoms with Crippen LogP contribution in [-0.4, -0.2) is 29.3 Å². The smallest absolute Gasteiger partial charge is 0.217 e. The summed E-state index contributed by atoms with van der Waals surface area (Å²) in [6, 6.07) is 0. The monoisotopic (exact) mass is 161 g/mol. The Morgan fingerprint density at radius 1 is 1.36 bits per heavy atom. The zero-order valence-electron chi connectivity index (χ0n) is 6.49. The van der Waals surface area contributed by atoms with Crippen molar-refractivity contribution in [2.45, 2.75) is 19.3 Å². The lowest BCUT2D eigenvalue weighted by atomic mass is 10.0. The third kappa shape index (κ3) is 5.82. The first kappa shape index (κ1) is 10.4. The Labute approximate surface area is 66.0 Å². The molecule has 1 amide bonds. The molecule has 0 spiro atoms. The van der Waals surface area contributed by atoms with Gasteiger partial charge in [-0.1, -0.05) is 0 Å². The molecule has 4 heteroatoms. The molecular formula is C7H15NO3. The predicted molar refractivity (Wildman–Crippen MR) is 40.7 cm³/mol. The molecule has 11 heavy (non-hydrogen) atoms. The molecule has 1 atom stereocenters. The number of rotatable bonds is 6. The average Bonchev–Trinajstić information content (AvgIpc) is 1.97. The molecule has 0 bridgehead atoms. The second-order valence-electron chi connectivity index (χ2n) is 2.57. The molecule has 0 aliphatic rings. The highest BCUT2D eigenvalue weighted by Gasteiger charge is 2.07. The van der Waals surface area contributed by atoms with Gasteiger partial charge in [-0.25, -0.2) is 0 Å². The highest BCUT2D eigenvalue weighted by atomic mass is 16.3. The van der Waals surface area contributed by atoms with Crippen molar-refractivity contribution in [2.75, 3.05) is 13.2 Å². The molecule has 0 aromatic carbocycles. The standard InChI is InChI=1S/C7H15NO3/c8-7(11)2-1-6(5-10)3-4-9/h6,9-10H,1-5H2,(H2,8,11). The fourth-order valence-electron chi connectivity index (χ4n) is 0.856. The number of nitrogens with two attached hydrogens (primary N) is 1. The van der Waals surface area contributed by atoms with Gasteiger partial charge in [-0.2, -0.15) is 0 Å². The summed E-state index contributed by atoms with van der Waals surface area (Å²) in [6.45, 7) is 0.0534. The van der Waals surface area contributed by atoms with Crippen molar-refractivity contribution in [3.63, 3.8) is 0 Å². The first-order valence-electron chi connectivity index (χ1n) is 3.70. The summed E-state index contributed by atoms with van der Waals surface area (Å²) in [5.41, 5.74) is 4.91. The van der Waals surface area contributed by atoms with Gasteiger partial charge in [0.25, 0.3) is 0 Å². The Hall–Kier alpha value is -0.610. The number of amides is 1. The Balaban J connectivity index is 3.43. The van der Waals surface area contributed by atoms with Crippen LogP contribution in [0.15, 0.2) is 0 Å². The number of carbonyl (C=O) groups excluding carboxylic acids is 1. The number of hydrogen-bond donors (Lipinski definition) is 3. The average molecular weight is 161 g/mol. The van der Waals surface area contributed by atoms with Crippen molar-refractivity contribution in [2.24, 2.45) is 11.7 Å². The molecule has 0 aromatic heterocycles. The summed E-state index contributed by atoms with van der Waals surface area (Å²) < 4.78 is 0. The van der Waals surface area contributed by atoms with Gasteiger partial charge in [-0.05, 0) is 18.8 Å². The van der Waals surface area contributed by atoms with E-state index in [4.69, 9.17) is 15.9 Å². The van der Waals surface area contributed by atoms with Crippen LogP contribution >= 0.6 is 0 Å². The summed E-state index contributed by atoms with van der Waals surface area (Å²) in [6.07, 6.45) is 1.38. The van der Waals surface area contributed by atoms with Gasteiger partial charge in [-0.3, -0.25) is 4.79 Å². The minimum Gasteiger partial charge on any atom is -0.396 e. The van der Waals surface area contributed by atoms with Crippen molar-refractivity contribution in [1.82, 2.24) is 0 Å². The van der Waals surface area contributed by atoms with Crippen molar-refractivity contribution in [3.05, 3.63) is 0 Å². The van der Waals surface area contributed by atoms with Crippen LogP contribution in [-0.2, 0) is 4.79 Å². The molecule has 0 radical (unpaired) electrons. The number of carbonyl (C=O) groups is 1. The highest BCUT2D eigenvalue weighted by molar-refractivity contribution is 5.73. The minimum atomic E-state index is -0.360. The Morgan fingerprint density at radius 3 is 2.36 bits per heavy atom. The maximum atomic E-state index is 10.3. The van der Waals surface area contributed by atoms with Crippen LogP contribution in [0.2, 0.25) is 0 Å². The van der Waals surface area contributed by atoms with Gasteiger partial charge in [0.15, 0.2) is 0 Å². The second kappa shape index (κ2) is 6.12. The predicted octanol–water partition coefficient (Wildman–Crippen LogP) is -0.757. The zero-order chi connectivity index (χ0) is 8.69. The van der Waals surface area contributed by atoms with Crippen molar-refractivity contribution in [1.29, 1.82) is 0 Å². The van der Waals surface area contributed by atoms with E-state index in [0.29, 0.717) is 12.8 Å². The molecule has 1 unspecified atom stereocenters. The number of aliphatic hydroxyl groups excluding tert-OH is 2. The van der Waals surface area contributed by atoms with Crippen molar-refractivity contribution >= 4 is 5.91 Å². The van der Waals surface area contributed by atoms with Crippen LogP contribution in [0.1, 0.15) is 19.3 Å². The number of hydrogen-bond acceptors (Lipinski definition) is 3. The van der Waals surface area contributed by atoms with E-state index in [9.17, 15) is 4.79 Å². The molecular weight excluding hydrogens is 146 g/mol. The lowest BCUT2D eigenvalue weighted by Crippen LogP contribution is -2.15. The third-order valence-corrected chi connectivity index (χ3v) is 1.59. The first-order valence-corrected chi connectivity index (χ1v) is 3.70. The Morgan fingerprint density at radius 2 is 2.00 bits per heavy atom. The van der Waals surface area contributed by atoms with Crippen LogP contribution in [0.25, 0.3) is 0 Å². The molecule has 0 aliphatic carbocycles. The van der Waals surface area contributed by atoms with E-state index in [0.717, 1.165) is 0 Å². The van der Waals surface area contributed by atoms with Gasteiger partial charge >= 0.3 is 0 Å². The maximum Gasteiger partial charge on any atom is 0.217 e. The van der Waals surface area contributed by atoms with Crippen LogP contribution in [0.5, 0.6) is 0 Å². The normalized spacial score (nSPS) is 12.9. The van der Waals surface area contributed by atoms with E-state index in [2.05, 4.69) is 0 Å². The minimum absolute atomic E-state index is 0.00694. The molecule has 0 aliphatic heterocycles. The molecule has 66 valence electrons. The fraction of sp³-hybridized carbons (Fsp3) is 0.857. The highest BCUT2D eigenvalue weighted by Crippen LogP contribution is 2.08. The van der Waals surface area contributed by atoms with Gasteiger partial charge in [0.1, 0.15) is 0 Å². The van der Waals surface area contributed by atoms with Gasteiger partial charge in [0.05, 0.1) is 0 Å². The number of aliphatic hydroxyl groups is 2. The summed E-state index contributed by atoms with van der Waals surface area (Å²) in [7, 11) is 0. The lowest BCUT2D eigenvalue weighted by molar-refractivity contribution is -0.118. The molecule has 0 saturated carbocycles. The number of primary amides is 1. The van der Waals surface area contributed by atoms with Crippen LogP contribution in [0.4, 0.5) is 0 Å². The quantitative estimate of drug-likeness (QED) is 0.479. The van der Waals surface area contributed by atoms with E-state index >= 15 is 0 Å². The molecule has 0 fully saturated rings. The SMILES string of the molecule is NC(=O)CCC(CO)CCO. The molecule has 0 aromatic rings. The van der Waals surface area contributed by atoms with Gasteiger partial charge in [-0.15, -0.1) is 0 Å². The molecule has 4 nitrogen and oxygen atoms in total. The Bertz CT molecular complexity index is 116. The Kier molecular flexibility index (Phi) is 5.78. The largest absolute Gasteiger partial charge is 0.396 e. The molecule has 0 rings (SSSR count). The zero-order valence-corrected chi connectivity index (χ0v) is 6.49. The van der Waals surface area contributed by atoms with Gasteiger partial charge < -0.3 is 15.9 Å². The molecule has 4 N–H and O–H groups in total. The summed E-state index contributed by atoms with van der Waals surface area (Å²) in [4.78, 5) is 10.3. The maximum absolute atomic E-state index is 10.3. The van der Waals surface area contributed by atoms with Crippen LogP contribution in [0, 0.1) is 5.92 Å². The van der Waals surface area contributed by atoms with E-state index in [1.54, 1.807) is 0 Å². The molecule has 0 saturated heterocycles. The van der Waals surface area contributed by atoms with E-state index < -0.39 is 0 Å². The molecule has 0 heterocycles. The first-order chi connectivity index (χ1) is 5.20. The summed E-state index contributed by atoms with van der Waals surface area (Å²) in [5, 5.41) is 17.2. The van der Waals surface area contributed by atoms with Crippen molar-refractivity contribution in [3.8, 4) is 0 Å².